The van der Waals surface area contributed by atoms with Crippen molar-refractivity contribution >= 4 is 11.0 Å². The van der Waals surface area contributed by atoms with Crippen molar-refractivity contribution < 1.29 is 4.74 Å². The maximum Gasteiger partial charge on any atom is 0.124 e. The maximum atomic E-state index is 5.58. The predicted octanol–water partition coefficient (Wildman–Crippen LogP) is 1.57. The second-order valence-corrected chi connectivity index (χ2v) is 4.04. The van der Waals surface area contributed by atoms with Crippen molar-refractivity contribution in [1.29, 1.82) is 0 Å². The van der Waals surface area contributed by atoms with E-state index in [4.69, 9.17) is 4.74 Å². The third kappa shape index (κ3) is 2.59. The quantitative estimate of drug-likeness (QED) is 0.715. The van der Waals surface area contributed by atoms with Crippen LogP contribution in [-0.2, 0) is 11.5 Å². The number of aromatic nitrogens is 2. The molecule has 0 saturated carbocycles. The predicted molar refractivity (Wildman–Crippen MR) is 64.2 cm³/mol. The number of likely N-dealkylation sites (N-methyl/N-ethyl adjacent to an activating group) is 1. The molecule has 2 rings (SSSR count). The third-order valence-corrected chi connectivity index (χ3v) is 2.44. The van der Waals surface area contributed by atoms with Gasteiger partial charge in [0.1, 0.15) is 6.73 Å². The van der Waals surface area contributed by atoms with Gasteiger partial charge in [0.25, 0.3) is 0 Å². The zero-order valence-electron chi connectivity index (χ0n) is 9.76. The van der Waals surface area contributed by atoms with Crippen molar-refractivity contribution in [2.75, 3.05) is 27.2 Å². The Kier molecular flexibility index (Phi) is 3.54. The Morgan fingerprint density at radius 2 is 2.12 bits per heavy atom. The summed E-state index contributed by atoms with van der Waals surface area (Å²) in [6.45, 7) is 2.24. The topological polar surface area (TPSA) is 30.3 Å². The van der Waals surface area contributed by atoms with Crippen molar-refractivity contribution in [3.05, 3.63) is 30.6 Å². The smallest absolute Gasteiger partial charge is 0.124 e. The molecule has 0 fully saturated rings. The SMILES string of the molecule is CN(C)CCOCn1cnc2ccccc21. The van der Waals surface area contributed by atoms with E-state index in [0.717, 1.165) is 24.2 Å². The molecule has 0 atom stereocenters. The van der Waals surface area contributed by atoms with Crippen LogP contribution in [0.4, 0.5) is 0 Å². The molecule has 1 heterocycles. The molecule has 0 saturated heterocycles. The lowest BCUT2D eigenvalue weighted by molar-refractivity contribution is 0.0684. The van der Waals surface area contributed by atoms with Crippen LogP contribution in [0.5, 0.6) is 0 Å². The highest BCUT2D eigenvalue weighted by Gasteiger charge is 2.00. The summed E-state index contributed by atoms with van der Waals surface area (Å²) in [5.41, 5.74) is 2.13. The average molecular weight is 219 g/mol. The van der Waals surface area contributed by atoms with E-state index in [0.29, 0.717) is 6.73 Å². The van der Waals surface area contributed by atoms with Gasteiger partial charge in [0.05, 0.1) is 24.0 Å². The molecule has 4 heteroatoms. The molecule has 0 spiro atoms. The first-order chi connectivity index (χ1) is 7.77. The van der Waals surface area contributed by atoms with Gasteiger partial charge >= 0.3 is 0 Å². The van der Waals surface area contributed by atoms with Gasteiger partial charge in [0.2, 0.25) is 0 Å². The molecule has 0 unspecified atom stereocenters. The lowest BCUT2D eigenvalue weighted by Crippen LogP contribution is -2.18. The van der Waals surface area contributed by atoms with Crippen LogP contribution < -0.4 is 0 Å². The fourth-order valence-corrected chi connectivity index (χ4v) is 1.52. The van der Waals surface area contributed by atoms with E-state index in [-0.39, 0.29) is 0 Å². The van der Waals surface area contributed by atoms with Crippen LogP contribution in [0.1, 0.15) is 0 Å². The fourth-order valence-electron chi connectivity index (χ4n) is 1.52. The number of ether oxygens (including phenoxy) is 1. The highest BCUT2D eigenvalue weighted by molar-refractivity contribution is 5.74. The summed E-state index contributed by atoms with van der Waals surface area (Å²) in [5, 5.41) is 0. The minimum Gasteiger partial charge on any atom is -0.359 e. The van der Waals surface area contributed by atoms with E-state index < -0.39 is 0 Å². The number of hydrogen-bond donors (Lipinski definition) is 0. The minimum atomic E-state index is 0.564. The molecule has 0 aliphatic rings. The van der Waals surface area contributed by atoms with E-state index in [9.17, 15) is 0 Å². The standard InChI is InChI=1S/C12H17N3O/c1-14(2)7-8-16-10-15-9-13-11-5-3-4-6-12(11)15/h3-6,9H,7-8,10H2,1-2H3. The van der Waals surface area contributed by atoms with Gasteiger partial charge in [-0.1, -0.05) is 12.1 Å². The molecule has 1 aromatic carbocycles. The Labute approximate surface area is 95.4 Å². The van der Waals surface area contributed by atoms with E-state index in [1.54, 1.807) is 0 Å². The second-order valence-electron chi connectivity index (χ2n) is 4.04. The molecule has 0 aliphatic heterocycles. The van der Waals surface area contributed by atoms with Crippen LogP contribution in [0, 0.1) is 0 Å². The van der Waals surface area contributed by atoms with Crippen LogP contribution >= 0.6 is 0 Å². The van der Waals surface area contributed by atoms with Gasteiger partial charge in [0.15, 0.2) is 0 Å². The summed E-state index contributed by atoms with van der Waals surface area (Å²) < 4.78 is 7.60. The molecule has 0 amide bonds. The molecule has 4 nitrogen and oxygen atoms in total. The van der Waals surface area contributed by atoms with Crippen LogP contribution in [0.2, 0.25) is 0 Å². The highest BCUT2D eigenvalue weighted by atomic mass is 16.5. The number of imidazole rings is 1. The molecule has 0 bridgehead atoms. The molecule has 0 aliphatic carbocycles. The number of hydrogen-bond acceptors (Lipinski definition) is 3. The monoisotopic (exact) mass is 219 g/mol. The van der Waals surface area contributed by atoms with Crippen molar-refractivity contribution in [1.82, 2.24) is 14.5 Å². The first-order valence-electron chi connectivity index (χ1n) is 5.40. The van der Waals surface area contributed by atoms with Gasteiger partial charge in [-0.25, -0.2) is 4.98 Å². The summed E-state index contributed by atoms with van der Waals surface area (Å²) in [6, 6.07) is 8.07. The number of nitrogens with zero attached hydrogens (tertiary/aromatic N) is 3. The molecule has 0 radical (unpaired) electrons. The average Bonchev–Trinajstić information content (AvgIpc) is 2.68. The summed E-state index contributed by atoms with van der Waals surface area (Å²) in [5.74, 6) is 0. The number of rotatable bonds is 5. The number of benzene rings is 1. The summed E-state index contributed by atoms with van der Waals surface area (Å²) in [4.78, 5) is 6.41. The van der Waals surface area contributed by atoms with Gasteiger partial charge in [-0.15, -0.1) is 0 Å². The summed E-state index contributed by atoms with van der Waals surface area (Å²) >= 11 is 0. The number of para-hydroxylation sites is 2. The van der Waals surface area contributed by atoms with Crippen LogP contribution in [0.15, 0.2) is 30.6 Å². The lowest BCUT2D eigenvalue weighted by atomic mass is 10.3. The van der Waals surface area contributed by atoms with Gasteiger partial charge in [-0.2, -0.15) is 0 Å². The van der Waals surface area contributed by atoms with E-state index in [2.05, 4.69) is 16.0 Å². The fraction of sp³-hybridized carbons (Fsp3) is 0.417. The van der Waals surface area contributed by atoms with Crippen molar-refractivity contribution in [2.24, 2.45) is 0 Å². The largest absolute Gasteiger partial charge is 0.359 e. The van der Waals surface area contributed by atoms with Crippen molar-refractivity contribution in [2.45, 2.75) is 6.73 Å². The van der Waals surface area contributed by atoms with Crippen molar-refractivity contribution in [3.63, 3.8) is 0 Å². The minimum absolute atomic E-state index is 0.564. The van der Waals surface area contributed by atoms with Crippen LogP contribution in [-0.4, -0.2) is 41.7 Å². The number of fused-ring (bicyclic) bond motifs is 1. The summed E-state index contributed by atoms with van der Waals surface area (Å²) in [6.07, 6.45) is 1.82. The third-order valence-electron chi connectivity index (χ3n) is 2.44. The summed E-state index contributed by atoms with van der Waals surface area (Å²) in [7, 11) is 4.08. The Morgan fingerprint density at radius 3 is 2.94 bits per heavy atom. The zero-order chi connectivity index (χ0) is 11.4. The Hall–Kier alpha value is -1.39. The van der Waals surface area contributed by atoms with Gasteiger partial charge in [-0.3, -0.25) is 0 Å². The van der Waals surface area contributed by atoms with Crippen LogP contribution in [0.25, 0.3) is 11.0 Å². The van der Waals surface area contributed by atoms with Gasteiger partial charge in [-0.05, 0) is 26.2 Å². The Balaban J connectivity index is 1.94. The molecule has 2 aromatic rings. The molecular formula is C12H17N3O. The highest BCUT2D eigenvalue weighted by Crippen LogP contribution is 2.11. The molecule has 1 aromatic heterocycles. The Bertz CT molecular complexity index is 450. The molecule has 0 N–H and O–H groups in total. The van der Waals surface area contributed by atoms with E-state index >= 15 is 0 Å². The van der Waals surface area contributed by atoms with Crippen molar-refractivity contribution in [3.8, 4) is 0 Å². The zero-order valence-corrected chi connectivity index (χ0v) is 9.76. The second kappa shape index (κ2) is 5.09. The first kappa shape index (κ1) is 11.1. The molecule has 86 valence electrons. The first-order valence-corrected chi connectivity index (χ1v) is 5.40. The maximum absolute atomic E-state index is 5.58. The van der Waals surface area contributed by atoms with E-state index in [1.807, 2.05) is 43.2 Å². The Morgan fingerprint density at radius 1 is 1.31 bits per heavy atom. The molecular weight excluding hydrogens is 202 g/mol. The van der Waals surface area contributed by atoms with Gasteiger partial charge in [0, 0.05) is 6.54 Å². The van der Waals surface area contributed by atoms with E-state index in [1.165, 1.54) is 0 Å². The van der Waals surface area contributed by atoms with Gasteiger partial charge < -0.3 is 14.2 Å². The molecule has 16 heavy (non-hydrogen) atoms. The lowest BCUT2D eigenvalue weighted by Gasteiger charge is -2.10. The van der Waals surface area contributed by atoms with Crippen LogP contribution in [0.3, 0.4) is 0 Å². The normalized spacial score (nSPS) is 11.4.